The number of carbonyl (C=O) groups is 2. The van der Waals surface area contributed by atoms with Crippen LogP contribution in [0.2, 0.25) is 18.1 Å². The second-order valence-electron chi connectivity index (χ2n) is 5.24. The smallest absolute Gasteiger partial charge is 0.317 e. The number of ketones is 1. The number of ether oxygens (including phenoxy) is 1. The zero-order valence-electron chi connectivity index (χ0n) is 13.7. The third-order valence-electron chi connectivity index (χ3n) is 4.07. The molecule has 0 aliphatic carbocycles. The molecule has 0 rings (SSSR count). The molecule has 0 aromatic heterocycles. The maximum Gasteiger partial charge on any atom is 0.317 e. The van der Waals surface area contributed by atoms with Crippen molar-refractivity contribution >= 4 is 19.8 Å². The van der Waals surface area contributed by atoms with Crippen molar-refractivity contribution in [2.24, 2.45) is 11.8 Å². The molecule has 0 aliphatic rings. The van der Waals surface area contributed by atoms with Crippen molar-refractivity contribution in [3.63, 3.8) is 0 Å². The lowest BCUT2D eigenvalue weighted by Gasteiger charge is -2.21. The van der Waals surface area contributed by atoms with Gasteiger partial charge in [-0.2, -0.15) is 0 Å². The summed E-state index contributed by atoms with van der Waals surface area (Å²) in [5.74, 6) is 1.55. The Kier molecular flexibility index (Phi) is 8.48. The van der Waals surface area contributed by atoms with E-state index in [9.17, 15) is 9.59 Å². The predicted octanol–water partition coefficient (Wildman–Crippen LogP) is 3.44. The van der Waals surface area contributed by atoms with Crippen LogP contribution in [0.25, 0.3) is 0 Å². The quantitative estimate of drug-likeness (QED) is 0.313. The SMILES string of the molecule is CCOC(=O)C(C(C)=O)C(C)C#C[Si](CC)(CC)CC. The summed E-state index contributed by atoms with van der Waals surface area (Å²) in [7, 11) is -1.54. The Labute approximate surface area is 124 Å². The molecular weight excluding hydrogens is 268 g/mol. The van der Waals surface area contributed by atoms with Crippen LogP contribution in [0.5, 0.6) is 0 Å². The minimum Gasteiger partial charge on any atom is -0.465 e. The van der Waals surface area contributed by atoms with E-state index in [-0.39, 0.29) is 11.7 Å². The van der Waals surface area contributed by atoms with Gasteiger partial charge in [0.15, 0.2) is 0 Å². The highest BCUT2D eigenvalue weighted by Crippen LogP contribution is 2.20. The molecule has 0 spiro atoms. The normalized spacial score (nSPS) is 13.9. The van der Waals surface area contributed by atoms with Gasteiger partial charge in [0.2, 0.25) is 0 Å². The van der Waals surface area contributed by atoms with E-state index in [0.29, 0.717) is 6.61 Å². The van der Waals surface area contributed by atoms with Gasteiger partial charge < -0.3 is 4.74 Å². The van der Waals surface area contributed by atoms with Gasteiger partial charge in [-0.25, -0.2) is 0 Å². The van der Waals surface area contributed by atoms with Gasteiger partial charge in [0.1, 0.15) is 19.8 Å². The summed E-state index contributed by atoms with van der Waals surface area (Å²) in [4.78, 5) is 23.5. The number of esters is 1. The Balaban J connectivity index is 5.17. The molecule has 2 atom stereocenters. The summed E-state index contributed by atoms with van der Waals surface area (Å²) >= 11 is 0. The first kappa shape index (κ1) is 18.9. The number of hydrogen-bond acceptors (Lipinski definition) is 3. The summed E-state index contributed by atoms with van der Waals surface area (Å²) in [5.41, 5.74) is 3.44. The summed E-state index contributed by atoms with van der Waals surface area (Å²) in [6.45, 7) is 11.9. The van der Waals surface area contributed by atoms with Crippen LogP contribution in [0.15, 0.2) is 0 Å². The molecular formula is C16H28O3Si. The predicted molar refractivity (Wildman–Crippen MR) is 84.9 cm³/mol. The van der Waals surface area contributed by atoms with E-state index in [1.807, 2.05) is 6.92 Å². The van der Waals surface area contributed by atoms with Crippen molar-refractivity contribution in [1.82, 2.24) is 0 Å². The lowest BCUT2D eigenvalue weighted by Crippen LogP contribution is -2.32. The number of Topliss-reactive ketones (excluding diaryl/α,β-unsaturated/α-hetero) is 1. The minimum absolute atomic E-state index is 0.165. The molecule has 0 aromatic carbocycles. The highest BCUT2D eigenvalue weighted by Gasteiger charge is 2.31. The molecule has 20 heavy (non-hydrogen) atoms. The minimum atomic E-state index is -1.54. The number of rotatable bonds is 7. The molecule has 0 bridgehead atoms. The molecule has 114 valence electrons. The van der Waals surface area contributed by atoms with Gasteiger partial charge in [-0.05, 0) is 32.0 Å². The highest BCUT2D eigenvalue weighted by molar-refractivity contribution is 6.87. The molecule has 0 saturated heterocycles. The summed E-state index contributed by atoms with van der Waals surface area (Å²) < 4.78 is 4.98. The fourth-order valence-corrected chi connectivity index (χ4v) is 4.88. The molecule has 0 radical (unpaired) electrons. The van der Waals surface area contributed by atoms with Gasteiger partial charge in [0.25, 0.3) is 0 Å². The molecule has 2 unspecified atom stereocenters. The average Bonchev–Trinajstić information content (AvgIpc) is 2.41. The Bertz CT molecular complexity index is 380. The zero-order valence-corrected chi connectivity index (χ0v) is 14.7. The van der Waals surface area contributed by atoms with E-state index in [2.05, 4.69) is 32.2 Å². The van der Waals surface area contributed by atoms with Gasteiger partial charge in [0, 0.05) is 5.92 Å². The number of carbonyl (C=O) groups excluding carboxylic acids is 2. The van der Waals surface area contributed by atoms with Crippen LogP contribution in [0.3, 0.4) is 0 Å². The van der Waals surface area contributed by atoms with Gasteiger partial charge in [-0.1, -0.05) is 27.7 Å². The molecule has 0 fully saturated rings. The van der Waals surface area contributed by atoms with Crippen molar-refractivity contribution in [1.29, 1.82) is 0 Å². The van der Waals surface area contributed by atoms with Gasteiger partial charge >= 0.3 is 5.97 Å². The molecule has 0 amide bonds. The average molecular weight is 296 g/mol. The maximum atomic E-state index is 11.9. The van der Waals surface area contributed by atoms with E-state index in [1.165, 1.54) is 6.92 Å². The van der Waals surface area contributed by atoms with Crippen molar-refractivity contribution in [2.45, 2.75) is 59.7 Å². The third-order valence-corrected chi connectivity index (χ3v) is 8.81. The standard InChI is InChI=1S/C16H28O3Si/c1-7-19-16(18)15(14(6)17)13(5)11-12-20(8-2,9-3)10-4/h13,15H,7-10H2,1-6H3. The molecule has 0 aliphatic heterocycles. The van der Waals surface area contributed by atoms with E-state index in [1.54, 1.807) is 6.92 Å². The first-order valence-corrected chi connectivity index (χ1v) is 10.2. The van der Waals surface area contributed by atoms with E-state index in [0.717, 1.165) is 18.1 Å². The summed E-state index contributed by atoms with van der Waals surface area (Å²) in [6, 6.07) is 3.34. The second-order valence-corrected chi connectivity index (χ2v) is 10.2. The number of hydrogen-bond donors (Lipinski definition) is 0. The first-order valence-electron chi connectivity index (χ1n) is 7.57. The maximum absolute atomic E-state index is 11.9. The third kappa shape index (κ3) is 5.13. The Hall–Kier alpha value is -1.08. The molecule has 4 heteroatoms. The summed E-state index contributed by atoms with van der Waals surface area (Å²) in [6.07, 6.45) is 0. The van der Waals surface area contributed by atoms with Crippen LogP contribution in [0, 0.1) is 23.3 Å². The van der Waals surface area contributed by atoms with Crippen LogP contribution < -0.4 is 0 Å². The molecule has 0 aromatic rings. The van der Waals surface area contributed by atoms with Gasteiger partial charge in [0.05, 0.1) is 6.61 Å². The fourth-order valence-electron chi connectivity index (χ4n) is 2.32. The fraction of sp³-hybridized carbons (Fsp3) is 0.750. The van der Waals surface area contributed by atoms with Crippen molar-refractivity contribution in [3.05, 3.63) is 0 Å². The van der Waals surface area contributed by atoms with Crippen molar-refractivity contribution in [2.75, 3.05) is 6.61 Å². The van der Waals surface area contributed by atoms with Gasteiger partial charge in [-0.15, -0.1) is 11.5 Å². The molecule has 0 heterocycles. The second kappa shape index (κ2) is 8.96. The van der Waals surface area contributed by atoms with Crippen LogP contribution in [0.4, 0.5) is 0 Å². The van der Waals surface area contributed by atoms with Crippen LogP contribution in [0.1, 0.15) is 41.5 Å². The van der Waals surface area contributed by atoms with E-state index < -0.39 is 20.0 Å². The monoisotopic (exact) mass is 296 g/mol. The highest BCUT2D eigenvalue weighted by atomic mass is 28.3. The topological polar surface area (TPSA) is 43.4 Å². The molecule has 0 saturated carbocycles. The lowest BCUT2D eigenvalue weighted by atomic mass is 9.91. The van der Waals surface area contributed by atoms with Crippen LogP contribution in [-0.2, 0) is 14.3 Å². The largest absolute Gasteiger partial charge is 0.465 e. The summed E-state index contributed by atoms with van der Waals surface area (Å²) in [5, 5.41) is 0. The molecule has 0 N–H and O–H groups in total. The first-order chi connectivity index (χ1) is 9.37. The Morgan fingerprint density at radius 3 is 1.95 bits per heavy atom. The zero-order chi connectivity index (χ0) is 15.8. The van der Waals surface area contributed by atoms with E-state index >= 15 is 0 Å². The van der Waals surface area contributed by atoms with Crippen molar-refractivity contribution in [3.8, 4) is 11.5 Å². The Morgan fingerprint density at radius 1 is 1.10 bits per heavy atom. The molecule has 3 nitrogen and oxygen atoms in total. The van der Waals surface area contributed by atoms with Gasteiger partial charge in [-0.3, -0.25) is 9.59 Å². The lowest BCUT2D eigenvalue weighted by molar-refractivity contribution is -0.152. The van der Waals surface area contributed by atoms with E-state index in [4.69, 9.17) is 4.74 Å². The Morgan fingerprint density at radius 2 is 1.60 bits per heavy atom. The van der Waals surface area contributed by atoms with Crippen LogP contribution >= 0.6 is 0 Å². The van der Waals surface area contributed by atoms with Crippen LogP contribution in [-0.4, -0.2) is 26.4 Å². The van der Waals surface area contributed by atoms with Crippen molar-refractivity contribution < 1.29 is 14.3 Å².